The van der Waals surface area contributed by atoms with Gasteiger partial charge in [-0.15, -0.1) is 0 Å². The fourth-order valence-corrected chi connectivity index (χ4v) is 3.47. The Bertz CT molecular complexity index is 943. The summed E-state index contributed by atoms with van der Waals surface area (Å²) in [6.07, 6.45) is 0.230. The summed E-state index contributed by atoms with van der Waals surface area (Å²) in [4.78, 5) is 41.9. The maximum absolute atomic E-state index is 12.3. The van der Waals surface area contributed by atoms with Crippen LogP contribution in [0.25, 0.3) is 0 Å². The summed E-state index contributed by atoms with van der Waals surface area (Å²) in [6, 6.07) is 10.5. The molecule has 2 aliphatic rings. The van der Waals surface area contributed by atoms with Crippen molar-refractivity contribution in [2.45, 2.75) is 12.3 Å². The number of nitrogens with zero attached hydrogens (tertiary/aromatic N) is 2. The molecule has 4 rings (SSSR count). The zero-order valence-corrected chi connectivity index (χ0v) is 14.7. The maximum atomic E-state index is 12.3. The molecule has 0 radical (unpaired) electrons. The van der Waals surface area contributed by atoms with E-state index >= 15 is 0 Å². The molecule has 1 fully saturated rings. The van der Waals surface area contributed by atoms with Gasteiger partial charge in [-0.05, 0) is 29.8 Å². The van der Waals surface area contributed by atoms with Gasteiger partial charge in [-0.1, -0.05) is 12.1 Å². The van der Waals surface area contributed by atoms with Gasteiger partial charge in [-0.25, -0.2) is 14.6 Å². The SMILES string of the molecule is COC(=O)c1cccc([C@@H]2CC(=O)Nc3cc(N4CCNC4=O)ccc32)n1. The van der Waals surface area contributed by atoms with Gasteiger partial charge in [-0.3, -0.25) is 9.69 Å². The largest absolute Gasteiger partial charge is 0.464 e. The van der Waals surface area contributed by atoms with Crippen LogP contribution in [0.15, 0.2) is 36.4 Å². The van der Waals surface area contributed by atoms with Gasteiger partial charge < -0.3 is 15.4 Å². The van der Waals surface area contributed by atoms with Crippen molar-refractivity contribution in [1.82, 2.24) is 10.3 Å². The van der Waals surface area contributed by atoms with Gasteiger partial charge in [0.25, 0.3) is 0 Å². The molecule has 0 spiro atoms. The summed E-state index contributed by atoms with van der Waals surface area (Å²) in [7, 11) is 1.30. The molecule has 2 aliphatic heterocycles. The number of fused-ring (bicyclic) bond motifs is 1. The number of aromatic nitrogens is 1. The number of ether oxygens (including phenoxy) is 1. The standard InChI is InChI=1S/C19H18N4O4/c1-27-18(25)15-4-2-3-14(21-15)13-10-17(24)22-16-9-11(5-6-12(13)16)23-8-7-20-19(23)26/h2-6,9,13H,7-8,10H2,1H3,(H,20,26)(H,22,24)/t13-/m1/s1. The zero-order chi connectivity index (χ0) is 19.0. The van der Waals surface area contributed by atoms with Crippen molar-refractivity contribution in [2.24, 2.45) is 0 Å². The number of anilines is 2. The Kier molecular flexibility index (Phi) is 4.23. The molecule has 0 saturated carbocycles. The molecule has 2 aromatic rings. The molecule has 3 heterocycles. The molecule has 138 valence electrons. The number of pyridine rings is 1. The zero-order valence-electron chi connectivity index (χ0n) is 14.7. The highest BCUT2D eigenvalue weighted by Crippen LogP contribution is 2.38. The predicted octanol–water partition coefficient (Wildman–Crippen LogP) is 1.87. The first-order valence-corrected chi connectivity index (χ1v) is 8.61. The molecule has 0 unspecified atom stereocenters. The quantitative estimate of drug-likeness (QED) is 0.808. The molecule has 2 N–H and O–H groups in total. The number of carbonyl (C=O) groups excluding carboxylic acids is 3. The Labute approximate surface area is 155 Å². The van der Waals surface area contributed by atoms with Gasteiger partial charge in [0.15, 0.2) is 0 Å². The molecular formula is C19H18N4O4. The van der Waals surface area contributed by atoms with Crippen LogP contribution in [-0.2, 0) is 9.53 Å². The average molecular weight is 366 g/mol. The lowest BCUT2D eigenvalue weighted by atomic mass is 9.87. The lowest BCUT2D eigenvalue weighted by Gasteiger charge is -2.27. The van der Waals surface area contributed by atoms with E-state index in [0.29, 0.717) is 24.5 Å². The van der Waals surface area contributed by atoms with E-state index in [1.54, 1.807) is 29.2 Å². The maximum Gasteiger partial charge on any atom is 0.356 e. The van der Waals surface area contributed by atoms with Crippen LogP contribution >= 0.6 is 0 Å². The summed E-state index contributed by atoms with van der Waals surface area (Å²) in [6.45, 7) is 1.17. The highest BCUT2D eigenvalue weighted by molar-refractivity contribution is 5.98. The third-order valence-electron chi connectivity index (χ3n) is 4.77. The van der Waals surface area contributed by atoms with Gasteiger partial charge in [0.2, 0.25) is 5.91 Å². The van der Waals surface area contributed by atoms with Crippen LogP contribution in [0.5, 0.6) is 0 Å². The van der Waals surface area contributed by atoms with Gasteiger partial charge in [0.05, 0.1) is 7.11 Å². The second kappa shape index (κ2) is 6.71. The van der Waals surface area contributed by atoms with Gasteiger partial charge >= 0.3 is 12.0 Å². The number of hydrogen-bond donors (Lipinski definition) is 2. The number of esters is 1. The molecule has 1 aromatic carbocycles. The molecule has 3 amide bonds. The minimum absolute atomic E-state index is 0.138. The first-order valence-electron chi connectivity index (χ1n) is 8.61. The number of urea groups is 1. The third-order valence-corrected chi connectivity index (χ3v) is 4.77. The second-order valence-electron chi connectivity index (χ2n) is 6.40. The Morgan fingerprint density at radius 3 is 2.85 bits per heavy atom. The molecule has 1 saturated heterocycles. The molecule has 1 aromatic heterocycles. The van der Waals surface area contributed by atoms with E-state index in [4.69, 9.17) is 4.74 Å². The summed E-state index contributed by atoms with van der Waals surface area (Å²) in [5.41, 5.74) is 3.10. The second-order valence-corrected chi connectivity index (χ2v) is 6.40. The van der Waals surface area contributed by atoms with E-state index in [0.717, 1.165) is 11.3 Å². The van der Waals surface area contributed by atoms with Crippen molar-refractivity contribution < 1.29 is 19.1 Å². The van der Waals surface area contributed by atoms with Crippen molar-refractivity contribution in [2.75, 3.05) is 30.4 Å². The van der Waals surface area contributed by atoms with Crippen LogP contribution < -0.4 is 15.5 Å². The smallest absolute Gasteiger partial charge is 0.356 e. The minimum atomic E-state index is -0.521. The Hall–Kier alpha value is -3.42. The normalized spacial score (nSPS) is 18.6. The van der Waals surface area contributed by atoms with Crippen molar-refractivity contribution >= 4 is 29.3 Å². The number of methoxy groups -OCH3 is 1. The number of hydrogen-bond acceptors (Lipinski definition) is 5. The Balaban J connectivity index is 1.72. The molecule has 8 heteroatoms. The summed E-state index contributed by atoms with van der Waals surface area (Å²) >= 11 is 0. The fourth-order valence-electron chi connectivity index (χ4n) is 3.47. The number of rotatable bonds is 3. The number of amides is 3. The first-order chi connectivity index (χ1) is 13.1. The van der Waals surface area contributed by atoms with Crippen molar-refractivity contribution in [1.29, 1.82) is 0 Å². The van der Waals surface area contributed by atoms with E-state index in [9.17, 15) is 14.4 Å². The first kappa shape index (κ1) is 17.0. The molecule has 1 atom stereocenters. The van der Waals surface area contributed by atoms with Gasteiger partial charge in [-0.2, -0.15) is 0 Å². The van der Waals surface area contributed by atoms with Crippen molar-refractivity contribution in [3.63, 3.8) is 0 Å². The lowest BCUT2D eigenvalue weighted by Crippen LogP contribution is -2.29. The minimum Gasteiger partial charge on any atom is -0.464 e. The van der Waals surface area contributed by atoms with E-state index in [2.05, 4.69) is 15.6 Å². The topological polar surface area (TPSA) is 101 Å². The van der Waals surface area contributed by atoms with Gasteiger partial charge in [0.1, 0.15) is 5.69 Å². The lowest BCUT2D eigenvalue weighted by molar-refractivity contribution is -0.116. The molecular weight excluding hydrogens is 348 g/mol. The van der Waals surface area contributed by atoms with Crippen LogP contribution in [0.2, 0.25) is 0 Å². The van der Waals surface area contributed by atoms with Crippen molar-refractivity contribution in [3.05, 3.63) is 53.3 Å². The van der Waals surface area contributed by atoms with E-state index in [-0.39, 0.29) is 30.0 Å². The number of carbonyl (C=O) groups is 3. The Morgan fingerprint density at radius 1 is 1.26 bits per heavy atom. The highest BCUT2D eigenvalue weighted by Gasteiger charge is 2.30. The number of benzene rings is 1. The third kappa shape index (κ3) is 3.10. The van der Waals surface area contributed by atoms with Crippen LogP contribution in [0.1, 0.15) is 34.1 Å². The van der Waals surface area contributed by atoms with Crippen LogP contribution in [0, 0.1) is 0 Å². The predicted molar refractivity (Wildman–Crippen MR) is 97.9 cm³/mol. The summed E-state index contributed by atoms with van der Waals surface area (Å²) in [5.74, 6) is -0.937. The van der Waals surface area contributed by atoms with Gasteiger partial charge in [0, 0.05) is 42.5 Å². The monoisotopic (exact) mass is 366 g/mol. The molecule has 27 heavy (non-hydrogen) atoms. The van der Waals surface area contributed by atoms with Crippen LogP contribution in [-0.4, -0.2) is 43.1 Å². The van der Waals surface area contributed by atoms with Crippen LogP contribution in [0.4, 0.5) is 16.2 Å². The van der Waals surface area contributed by atoms with E-state index in [1.807, 2.05) is 12.1 Å². The highest BCUT2D eigenvalue weighted by atomic mass is 16.5. The number of nitrogens with one attached hydrogen (secondary N) is 2. The molecule has 0 bridgehead atoms. The van der Waals surface area contributed by atoms with Crippen molar-refractivity contribution in [3.8, 4) is 0 Å². The molecule has 8 nitrogen and oxygen atoms in total. The molecule has 0 aliphatic carbocycles. The van der Waals surface area contributed by atoms with Crippen LogP contribution in [0.3, 0.4) is 0 Å². The Morgan fingerprint density at radius 2 is 2.11 bits per heavy atom. The van der Waals surface area contributed by atoms with E-state index in [1.165, 1.54) is 7.11 Å². The average Bonchev–Trinajstić information content (AvgIpc) is 3.12. The fraction of sp³-hybridized carbons (Fsp3) is 0.263. The summed E-state index contributed by atoms with van der Waals surface area (Å²) in [5, 5.41) is 5.63. The summed E-state index contributed by atoms with van der Waals surface area (Å²) < 4.78 is 4.73. The van der Waals surface area contributed by atoms with E-state index < -0.39 is 5.97 Å².